The number of aromatic nitrogens is 11. The van der Waals surface area contributed by atoms with E-state index < -0.39 is 0 Å². The van der Waals surface area contributed by atoms with Crippen molar-refractivity contribution in [3.05, 3.63) is 378 Å². The average molecular weight is 1810 g/mol. The number of thiophene rings is 3. The molecule has 0 spiro atoms. The zero-order valence-electron chi connectivity index (χ0n) is 71.7. The Morgan fingerprint density at radius 2 is 0.583 bits per heavy atom. The fraction of sp³-hybridized carbons (Fsp3) is 0.00952. The predicted octanol–water partition coefficient (Wildman–Crippen LogP) is 32.7. The SMILES string of the molecule is Clc1nc(-c2ccc3c(c2)c2ccccc2n3-c2ccccc2)c2c(n1)sc1ccccc12.Clc1nc(-c2ccc3oc4ccccc4c3c2)c2c(n1)sc1ccccc12.Clc1nc(-c2cccc(-c3ccccc3)c2)c2oc3ccccc3c2n1.Clc1nc(-c2ccccc2)c2c(n1)sc1ccccc12.Clc1nc(-c2ccccc2)c2oc3ccccc3c2n1.[2H]C.[2H][2H].[2H][2H]. The minimum Gasteiger partial charge on any atom is -0.456 e. The predicted molar refractivity (Wildman–Crippen MR) is 534 cm³/mol. The number of hydrogen-bond donors (Lipinski definition) is 0. The standard InChI is InChI=1S/C28H16ClN3S.C22H11ClN2OS.C22H13ClN2O.C16H9ClN2O.C16H9ClN2S.CH4.2H2/c29-28-30-26(25-20-11-5-7-13-24(20)33-27(25)31-28)17-14-15-23-21(16-17)19-10-4-6-12-22(19)32(23)18-8-2-1-3-9-18;23-22-24-20(19-14-6-2-4-8-18(14)27-21(19)25-22)12-9-10-17-15(11-12)13-5-1-3-7-16(13)26-17;23-22-24-19(21-20(25-22)17-11-4-5-12-18(17)26-21)16-10-6-9-15(13-16)14-7-2-1-3-8-14;17-16-18-13(10-6-2-1-3-7-10)15-14(19-16)11-8-4-5-9-12(11)20-15;17-16-18-14(10-6-2-1-3-7-10)13-11-8-4-5-9-12(11)20-15(13)19-16;;;/h1-16H;1-11H;1-13H;2*1-9H;1H4;2*1H/i;;;;;1D;2*1+1D. The van der Waals surface area contributed by atoms with Gasteiger partial charge in [0.25, 0.3) is 0 Å². The maximum atomic E-state index is 6.38. The largest absolute Gasteiger partial charge is 0.456 e. The van der Waals surface area contributed by atoms with Gasteiger partial charge in [0.2, 0.25) is 26.4 Å². The van der Waals surface area contributed by atoms with Crippen molar-refractivity contribution in [2.75, 3.05) is 0 Å². The molecule has 12 heterocycles. The normalized spacial score (nSPS) is 11.6. The monoisotopic (exact) mass is 1800 g/mol. The number of furan rings is 3. The lowest BCUT2D eigenvalue weighted by Gasteiger charge is -2.08. The fourth-order valence-electron chi connectivity index (χ4n) is 16.5. The molecule has 14 nitrogen and oxygen atoms in total. The first-order valence-electron chi connectivity index (χ1n) is 43.0. The van der Waals surface area contributed by atoms with Crippen LogP contribution in [0.25, 0.3) is 222 Å². The quantitative estimate of drug-likeness (QED) is 0.138. The van der Waals surface area contributed by atoms with E-state index >= 15 is 0 Å². The van der Waals surface area contributed by atoms with Crippen molar-refractivity contribution in [1.82, 2.24) is 54.4 Å². The first-order chi connectivity index (χ1) is 65.0. The Balaban J connectivity index is 0.000000106. The Bertz CT molecular complexity index is 8750. The summed E-state index contributed by atoms with van der Waals surface area (Å²) in [5, 5.41) is 14.4. The van der Waals surface area contributed by atoms with Gasteiger partial charge in [0.1, 0.15) is 59.2 Å². The Morgan fingerprint density at radius 1 is 0.252 bits per heavy atom. The molecule has 0 aliphatic carbocycles. The van der Waals surface area contributed by atoms with Gasteiger partial charge in [0, 0.05) is 120 Å². The van der Waals surface area contributed by atoms with E-state index in [0.29, 0.717) is 22.1 Å². The molecule has 0 saturated heterocycles. The highest BCUT2D eigenvalue weighted by Gasteiger charge is 2.24. The minimum absolute atomic E-state index is 0.212. The molecule has 0 aliphatic heterocycles. The maximum Gasteiger partial charge on any atom is 0.224 e. The molecular weight excluding hydrogens is 1740 g/mol. The molecule has 0 bridgehead atoms. The van der Waals surface area contributed by atoms with Crippen LogP contribution in [0.2, 0.25) is 26.4 Å². The van der Waals surface area contributed by atoms with Gasteiger partial charge < -0.3 is 17.8 Å². The molecule has 26 rings (SSSR count). The topological polar surface area (TPSA) is 173 Å². The molecule has 0 N–H and O–H groups in total. The van der Waals surface area contributed by atoms with E-state index in [1.54, 1.807) is 34.0 Å². The molecule has 26 aromatic rings. The van der Waals surface area contributed by atoms with Crippen LogP contribution in [-0.2, 0) is 0 Å². The summed E-state index contributed by atoms with van der Waals surface area (Å²) in [4.78, 5) is 47.3. The van der Waals surface area contributed by atoms with Crippen LogP contribution in [0.4, 0.5) is 0 Å². The molecule has 0 amide bonds. The van der Waals surface area contributed by atoms with E-state index in [2.05, 4.69) is 201 Å². The van der Waals surface area contributed by atoms with E-state index in [1.807, 2.05) is 200 Å². The Hall–Kier alpha value is -14.2. The third-order valence-corrected chi connectivity index (χ3v) is 26.0. The molecule has 22 heteroatoms. The molecule has 612 valence electrons. The maximum absolute atomic E-state index is 6.38. The summed E-state index contributed by atoms with van der Waals surface area (Å²) in [5.74, 6) is 0. The first-order valence-corrected chi connectivity index (χ1v) is 44.4. The van der Waals surface area contributed by atoms with E-state index in [4.69, 9.17) is 83.6 Å². The number of benzene rings is 14. The molecule has 0 unspecified atom stereocenters. The molecule has 127 heavy (non-hydrogen) atoms. The van der Waals surface area contributed by atoms with Crippen LogP contribution in [-0.4, -0.2) is 54.4 Å². The van der Waals surface area contributed by atoms with Gasteiger partial charge in [-0.1, -0.05) is 256 Å². The van der Waals surface area contributed by atoms with Crippen LogP contribution in [0.5, 0.6) is 0 Å². The highest BCUT2D eigenvalue weighted by atomic mass is 35.5. The second-order valence-corrected chi connectivity index (χ2v) is 34.3. The van der Waals surface area contributed by atoms with Crippen LogP contribution < -0.4 is 0 Å². The first kappa shape index (κ1) is 76.4. The number of para-hydroxylation sites is 5. The summed E-state index contributed by atoms with van der Waals surface area (Å²) in [7, 11) is 1.25. The summed E-state index contributed by atoms with van der Waals surface area (Å²) in [6, 6.07) is 119. The lowest BCUT2D eigenvalue weighted by molar-refractivity contribution is 0.667. The lowest BCUT2D eigenvalue weighted by atomic mass is 10.0. The van der Waals surface area contributed by atoms with Crippen molar-refractivity contribution in [2.45, 2.75) is 7.40 Å². The van der Waals surface area contributed by atoms with Crippen LogP contribution in [0.15, 0.2) is 365 Å². The van der Waals surface area contributed by atoms with E-state index in [-0.39, 0.29) is 21.1 Å². The summed E-state index contributed by atoms with van der Waals surface area (Å²) >= 11 is 36.0. The van der Waals surface area contributed by atoms with Crippen molar-refractivity contribution in [3.63, 3.8) is 0 Å². The molecular formula is C105H66Cl5N11O3S3. The molecule has 0 radical (unpaired) electrons. The third kappa shape index (κ3) is 15.1. The van der Waals surface area contributed by atoms with E-state index in [9.17, 15) is 0 Å². The number of fused-ring (bicyclic) bond motifs is 21. The number of rotatable bonds is 7. The van der Waals surface area contributed by atoms with Gasteiger partial charge in [-0.2, -0.15) is 0 Å². The molecule has 0 atom stereocenters. The smallest absolute Gasteiger partial charge is 0.224 e. The van der Waals surface area contributed by atoms with Crippen molar-refractivity contribution in [1.29, 1.82) is 0 Å². The minimum atomic E-state index is 0.212. The molecule has 0 fully saturated rings. The third-order valence-electron chi connectivity index (χ3n) is 22.0. The molecule has 12 aromatic heterocycles. The Labute approximate surface area is 768 Å². The van der Waals surface area contributed by atoms with E-state index in [0.717, 1.165) is 169 Å². The van der Waals surface area contributed by atoms with Gasteiger partial charge in [-0.05, 0) is 172 Å². The number of hydrogen-bond acceptors (Lipinski definition) is 16. The summed E-state index contributed by atoms with van der Waals surface area (Å²) < 4.78 is 49.6. The number of nitrogens with zero attached hydrogens (tertiary/aromatic N) is 11. The van der Waals surface area contributed by atoms with Gasteiger partial charge in [-0.3, -0.25) is 0 Å². The lowest BCUT2D eigenvalue weighted by Crippen LogP contribution is -1.93. The summed E-state index contributed by atoms with van der Waals surface area (Å²) in [6.45, 7) is 0. The van der Waals surface area contributed by atoms with Crippen LogP contribution >= 0.6 is 92.0 Å². The zero-order chi connectivity index (χ0) is 90.5. The van der Waals surface area contributed by atoms with Crippen LogP contribution in [0, 0.1) is 0 Å². The van der Waals surface area contributed by atoms with Gasteiger partial charge in [0.15, 0.2) is 11.2 Å². The summed E-state index contributed by atoms with van der Waals surface area (Å²) in [5.41, 5.74) is 20.9. The van der Waals surface area contributed by atoms with Gasteiger partial charge in [0.05, 0.1) is 28.1 Å². The Morgan fingerprint density at radius 3 is 1.09 bits per heavy atom. The summed E-state index contributed by atoms with van der Waals surface area (Å²) in [6.07, 6.45) is 0. The highest BCUT2D eigenvalue weighted by molar-refractivity contribution is 7.26. The van der Waals surface area contributed by atoms with Gasteiger partial charge >= 0.3 is 0 Å². The molecule has 0 saturated carbocycles. The van der Waals surface area contributed by atoms with Crippen molar-refractivity contribution in [2.24, 2.45) is 0 Å². The number of halogens is 5. The molecule has 14 aromatic carbocycles. The second kappa shape index (κ2) is 34.0. The van der Waals surface area contributed by atoms with Crippen molar-refractivity contribution in [3.8, 4) is 73.1 Å². The Kier molecular flexibility index (Phi) is 20.5. The van der Waals surface area contributed by atoms with Crippen molar-refractivity contribution >= 4 is 241 Å². The van der Waals surface area contributed by atoms with E-state index in [1.165, 1.54) is 43.2 Å². The van der Waals surface area contributed by atoms with Crippen molar-refractivity contribution < 1.29 is 20.6 Å². The van der Waals surface area contributed by atoms with Crippen LogP contribution in [0.3, 0.4) is 0 Å². The van der Waals surface area contributed by atoms with Gasteiger partial charge in [-0.25, -0.2) is 49.8 Å². The zero-order valence-corrected chi connectivity index (χ0v) is 73.0. The van der Waals surface area contributed by atoms with Crippen LogP contribution in [0.1, 0.15) is 14.7 Å². The molecule has 0 aliphatic rings. The second-order valence-electron chi connectivity index (χ2n) is 29.5. The average Bonchev–Trinajstić information content (AvgIpc) is 1.58. The van der Waals surface area contributed by atoms with Gasteiger partial charge in [-0.15, -0.1) is 34.0 Å². The fourth-order valence-corrected chi connectivity index (χ4v) is 20.7. The highest BCUT2D eigenvalue weighted by Crippen LogP contribution is 2.46.